The number of halogens is 1. The Kier molecular flexibility index (Phi) is 4.74. The molecule has 1 N–H and O–H groups in total. The molecule has 1 heterocycles. The van der Waals surface area contributed by atoms with Crippen LogP contribution in [0.5, 0.6) is 5.75 Å². The number of aliphatic hydroxyl groups is 1. The summed E-state index contributed by atoms with van der Waals surface area (Å²) in [6.07, 6.45) is -0.714. The lowest BCUT2D eigenvalue weighted by molar-refractivity contribution is -0.0407. The normalized spacial score (nSPS) is 22.2. The number of ether oxygens (including phenoxy) is 2. The molecule has 1 aromatic carbocycles. The minimum Gasteiger partial charge on any atom is -0.490 e. The third kappa shape index (κ3) is 3.89. The van der Waals surface area contributed by atoms with Crippen molar-refractivity contribution in [2.24, 2.45) is 0 Å². The quantitative estimate of drug-likeness (QED) is 0.901. The minimum absolute atomic E-state index is 0.0242. The van der Waals surface area contributed by atoms with Crippen LogP contribution < -0.4 is 4.74 Å². The molecule has 1 aliphatic rings. The Balaban J connectivity index is 2.00. The van der Waals surface area contributed by atoms with Crippen LogP contribution in [0.25, 0.3) is 0 Å². The van der Waals surface area contributed by atoms with Crippen LogP contribution in [0.3, 0.4) is 0 Å². The SMILES string of the molecule is C[C@H](O)c1ccc(F)cc1OCC1CN(C)CCO1. The monoisotopic (exact) mass is 269 g/mol. The molecule has 0 bridgehead atoms. The third-order valence-electron chi connectivity index (χ3n) is 3.19. The van der Waals surface area contributed by atoms with Crippen molar-refractivity contribution in [1.29, 1.82) is 0 Å². The van der Waals surface area contributed by atoms with Gasteiger partial charge in [-0.15, -0.1) is 0 Å². The Bertz CT molecular complexity index is 425. The molecular formula is C14H20FNO3. The first-order valence-electron chi connectivity index (χ1n) is 6.46. The number of benzene rings is 1. The van der Waals surface area contributed by atoms with Crippen LogP contribution in [0.15, 0.2) is 18.2 Å². The molecule has 2 atom stereocenters. The number of rotatable bonds is 4. The number of hydrogen-bond donors (Lipinski definition) is 1. The van der Waals surface area contributed by atoms with E-state index in [-0.39, 0.29) is 11.9 Å². The summed E-state index contributed by atoms with van der Waals surface area (Å²) in [6, 6.07) is 4.16. The molecule has 1 fully saturated rings. The summed E-state index contributed by atoms with van der Waals surface area (Å²) < 4.78 is 24.4. The Morgan fingerprint density at radius 2 is 2.37 bits per heavy atom. The van der Waals surface area contributed by atoms with E-state index in [1.807, 2.05) is 7.05 Å². The average molecular weight is 269 g/mol. The Hall–Kier alpha value is -1.17. The Labute approximate surface area is 112 Å². The van der Waals surface area contributed by atoms with Crippen molar-refractivity contribution in [1.82, 2.24) is 4.90 Å². The van der Waals surface area contributed by atoms with Gasteiger partial charge in [-0.25, -0.2) is 4.39 Å². The first-order chi connectivity index (χ1) is 9.06. The van der Waals surface area contributed by atoms with Crippen LogP contribution in [0, 0.1) is 5.82 Å². The second-order valence-corrected chi connectivity index (χ2v) is 4.92. The third-order valence-corrected chi connectivity index (χ3v) is 3.19. The van der Waals surface area contributed by atoms with Crippen molar-refractivity contribution in [2.45, 2.75) is 19.1 Å². The summed E-state index contributed by atoms with van der Waals surface area (Å²) in [5, 5.41) is 9.63. The highest BCUT2D eigenvalue weighted by Crippen LogP contribution is 2.26. The van der Waals surface area contributed by atoms with Crippen molar-refractivity contribution in [3.63, 3.8) is 0 Å². The number of morpholine rings is 1. The van der Waals surface area contributed by atoms with Gasteiger partial charge in [0.25, 0.3) is 0 Å². The van der Waals surface area contributed by atoms with E-state index in [1.165, 1.54) is 12.1 Å². The predicted octanol–water partition coefficient (Wildman–Crippen LogP) is 1.59. The van der Waals surface area contributed by atoms with Crippen LogP contribution >= 0.6 is 0 Å². The van der Waals surface area contributed by atoms with E-state index in [1.54, 1.807) is 13.0 Å². The summed E-state index contributed by atoms with van der Waals surface area (Å²) >= 11 is 0. The molecule has 1 aromatic rings. The molecule has 0 spiro atoms. The van der Waals surface area contributed by atoms with Gasteiger partial charge in [0.15, 0.2) is 0 Å². The fourth-order valence-electron chi connectivity index (χ4n) is 2.13. The molecule has 1 aliphatic heterocycles. The first kappa shape index (κ1) is 14.2. The second kappa shape index (κ2) is 6.32. The van der Waals surface area contributed by atoms with Gasteiger partial charge in [0.05, 0.1) is 12.7 Å². The van der Waals surface area contributed by atoms with E-state index < -0.39 is 6.10 Å². The van der Waals surface area contributed by atoms with Crippen LogP contribution in [-0.2, 0) is 4.74 Å². The fraction of sp³-hybridized carbons (Fsp3) is 0.571. The van der Waals surface area contributed by atoms with Gasteiger partial charge >= 0.3 is 0 Å². The minimum atomic E-state index is -0.689. The maximum atomic E-state index is 13.2. The van der Waals surface area contributed by atoms with Crippen LogP contribution in [-0.4, -0.2) is 49.5 Å². The lowest BCUT2D eigenvalue weighted by atomic mass is 10.1. The topological polar surface area (TPSA) is 41.9 Å². The number of aliphatic hydroxyl groups excluding tert-OH is 1. The van der Waals surface area contributed by atoms with Gasteiger partial charge in [-0.3, -0.25) is 0 Å². The van der Waals surface area contributed by atoms with E-state index in [0.29, 0.717) is 24.5 Å². The lowest BCUT2D eigenvalue weighted by Gasteiger charge is -2.30. The van der Waals surface area contributed by atoms with Crippen LogP contribution in [0.2, 0.25) is 0 Å². The smallest absolute Gasteiger partial charge is 0.128 e. The molecule has 106 valence electrons. The Morgan fingerprint density at radius 1 is 1.58 bits per heavy atom. The van der Waals surface area contributed by atoms with Crippen molar-refractivity contribution >= 4 is 0 Å². The fourth-order valence-corrected chi connectivity index (χ4v) is 2.13. The first-order valence-corrected chi connectivity index (χ1v) is 6.46. The van der Waals surface area contributed by atoms with Gasteiger partial charge in [-0.1, -0.05) is 0 Å². The summed E-state index contributed by atoms with van der Waals surface area (Å²) in [6.45, 7) is 4.37. The van der Waals surface area contributed by atoms with Gasteiger partial charge < -0.3 is 19.5 Å². The molecular weight excluding hydrogens is 249 g/mol. The van der Waals surface area contributed by atoms with Crippen molar-refractivity contribution in [3.8, 4) is 5.75 Å². The largest absolute Gasteiger partial charge is 0.490 e. The highest BCUT2D eigenvalue weighted by Gasteiger charge is 2.19. The molecule has 0 aromatic heterocycles. The van der Waals surface area contributed by atoms with Crippen molar-refractivity contribution < 1.29 is 19.0 Å². The molecule has 1 unspecified atom stereocenters. The zero-order valence-electron chi connectivity index (χ0n) is 11.3. The number of hydrogen-bond acceptors (Lipinski definition) is 4. The number of nitrogens with zero attached hydrogens (tertiary/aromatic N) is 1. The lowest BCUT2D eigenvalue weighted by Crippen LogP contribution is -2.42. The standard InChI is InChI=1S/C14H20FNO3/c1-10(17)13-4-3-11(15)7-14(13)19-9-12-8-16(2)5-6-18-12/h3-4,7,10,12,17H,5-6,8-9H2,1-2H3/t10-,12?/m0/s1. The molecule has 1 saturated heterocycles. The van der Waals surface area contributed by atoms with Crippen LogP contribution in [0.1, 0.15) is 18.6 Å². The molecule has 4 nitrogen and oxygen atoms in total. The highest BCUT2D eigenvalue weighted by atomic mass is 19.1. The van der Waals surface area contributed by atoms with Gasteiger partial charge in [-0.2, -0.15) is 0 Å². The molecule has 2 rings (SSSR count). The average Bonchev–Trinajstić information content (AvgIpc) is 2.36. The zero-order chi connectivity index (χ0) is 13.8. The van der Waals surface area contributed by atoms with Gasteiger partial charge in [0, 0.05) is 24.7 Å². The molecule has 0 radical (unpaired) electrons. The highest BCUT2D eigenvalue weighted by molar-refractivity contribution is 5.35. The van der Waals surface area contributed by atoms with E-state index in [9.17, 15) is 9.50 Å². The van der Waals surface area contributed by atoms with E-state index in [4.69, 9.17) is 9.47 Å². The summed E-state index contributed by atoms with van der Waals surface area (Å²) in [7, 11) is 2.03. The predicted molar refractivity (Wildman–Crippen MR) is 69.8 cm³/mol. The Morgan fingerprint density at radius 3 is 3.05 bits per heavy atom. The molecule has 5 heteroatoms. The van der Waals surface area contributed by atoms with Gasteiger partial charge in [0.2, 0.25) is 0 Å². The second-order valence-electron chi connectivity index (χ2n) is 4.92. The number of likely N-dealkylation sites (N-methyl/N-ethyl adjacent to an activating group) is 1. The van der Waals surface area contributed by atoms with E-state index in [2.05, 4.69) is 4.90 Å². The molecule has 0 aliphatic carbocycles. The van der Waals surface area contributed by atoms with Gasteiger partial charge in [0.1, 0.15) is 24.3 Å². The zero-order valence-corrected chi connectivity index (χ0v) is 11.3. The van der Waals surface area contributed by atoms with Crippen molar-refractivity contribution in [3.05, 3.63) is 29.6 Å². The summed E-state index contributed by atoms with van der Waals surface area (Å²) in [5.41, 5.74) is 0.588. The molecule has 0 amide bonds. The van der Waals surface area contributed by atoms with Crippen LogP contribution in [0.4, 0.5) is 4.39 Å². The van der Waals surface area contributed by atoms with Gasteiger partial charge in [-0.05, 0) is 26.1 Å². The summed E-state index contributed by atoms with van der Waals surface area (Å²) in [4.78, 5) is 2.17. The van der Waals surface area contributed by atoms with E-state index >= 15 is 0 Å². The van der Waals surface area contributed by atoms with Crippen molar-refractivity contribution in [2.75, 3.05) is 33.4 Å². The maximum absolute atomic E-state index is 13.2. The summed E-state index contributed by atoms with van der Waals surface area (Å²) in [5.74, 6) is 0.00732. The van der Waals surface area contributed by atoms with E-state index in [0.717, 1.165) is 13.1 Å². The maximum Gasteiger partial charge on any atom is 0.128 e. The molecule has 19 heavy (non-hydrogen) atoms. The molecule has 0 saturated carbocycles.